The zero-order valence-electron chi connectivity index (χ0n) is 14.6. The number of amides is 2. The molecule has 2 fully saturated rings. The van der Waals surface area contributed by atoms with Crippen molar-refractivity contribution in [3.63, 3.8) is 0 Å². The molecule has 2 amide bonds. The van der Waals surface area contributed by atoms with E-state index in [4.69, 9.17) is 0 Å². The molecule has 6 heteroatoms. The average molecular weight is 338 g/mol. The molecule has 1 aliphatic heterocycles. The van der Waals surface area contributed by atoms with Crippen LogP contribution in [-0.2, 0) is 14.4 Å². The van der Waals surface area contributed by atoms with Gasteiger partial charge in [-0.2, -0.15) is 0 Å². The Morgan fingerprint density at radius 1 is 1.08 bits per heavy atom. The highest BCUT2D eigenvalue weighted by molar-refractivity contribution is 5.83. The monoisotopic (exact) mass is 338 g/mol. The smallest absolute Gasteiger partial charge is 0.306 e. The molecule has 136 valence electrons. The van der Waals surface area contributed by atoms with Crippen LogP contribution in [0.15, 0.2) is 0 Å². The summed E-state index contributed by atoms with van der Waals surface area (Å²) >= 11 is 0. The van der Waals surface area contributed by atoms with Crippen LogP contribution >= 0.6 is 0 Å². The highest BCUT2D eigenvalue weighted by atomic mass is 16.4. The van der Waals surface area contributed by atoms with Crippen molar-refractivity contribution < 1.29 is 19.5 Å². The first-order chi connectivity index (χ1) is 11.5. The molecule has 0 bridgehead atoms. The molecule has 1 saturated heterocycles. The lowest BCUT2D eigenvalue weighted by Gasteiger charge is -2.36. The summed E-state index contributed by atoms with van der Waals surface area (Å²) < 4.78 is 0. The minimum atomic E-state index is -0.792. The van der Waals surface area contributed by atoms with Crippen molar-refractivity contribution in [2.45, 2.75) is 58.3 Å². The fourth-order valence-corrected chi connectivity index (χ4v) is 3.82. The number of carbonyl (C=O) groups is 3. The maximum atomic E-state index is 12.8. The first-order valence-electron chi connectivity index (χ1n) is 9.32. The summed E-state index contributed by atoms with van der Waals surface area (Å²) in [5, 5.41) is 12.1. The topological polar surface area (TPSA) is 86.7 Å². The number of rotatable bonds is 6. The Balaban J connectivity index is 1.87. The molecule has 2 aliphatic rings. The first kappa shape index (κ1) is 18.7. The SMILES string of the molecule is CCCCNC(=O)C1CCCN(C(=O)C2CCCC(C(=O)O)C2)C1. The van der Waals surface area contributed by atoms with Crippen LogP contribution in [0.1, 0.15) is 58.3 Å². The van der Waals surface area contributed by atoms with E-state index in [-0.39, 0.29) is 23.7 Å². The van der Waals surface area contributed by atoms with E-state index >= 15 is 0 Å². The number of carbonyl (C=O) groups excluding carboxylic acids is 2. The normalized spacial score (nSPS) is 27.5. The Bertz CT molecular complexity index is 466. The lowest BCUT2D eigenvalue weighted by atomic mass is 9.80. The van der Waals surface area contributed by atoms with Gasteiger partial charge in [0.05, 0.1) is 11.8 Å². The van der Waals surface area contributed by atoms with Crippen LogP contribution in [0.25, 0.3) is 0 Å². The third-order valence-electron chi connectivity index (χ3n) is 5.31. The van der Waals surface area contributed by atoms with Crippen LogP contribution in [-0.4, -0.2) is 47.4 Å². The number of hydrogen-bond acceptors (Lipinski definition) is 3. The number of carboxylic acids is 1. The molecule has 2 rings (SSSR count). The van der Waals surface area contributed by atoms with E-state index in [2.05, 4.69) is 12.2 Å². The molecular formula is C18H30N2O4. The van der Waals surface area contributed by atoms with Gasteiger partial charge in [-0.25, -0.2) is 0 Å². The molecule has 0 radical (unpaired) electrons. The third-order valence-corrected chi connectivity index (χ3v) is 5.31. The average Bonchev–Trinajstić information content (AvgIpc) is 2.61. The van der Waals surface area contributed by atoms with Crippen molar-refractivity contribution in [3.8, 4) is 0 Å². The quantitative estimate of drug-likeness (QED) is 0.726. The van der Waals surface area contributed by atoms with Crippen LogP contribution in [0.4, 0.5) is 0 Å². The van der Waals surface area contributed by atoms with E-state index in [9.17, 15) is 19.5 Å². The molecule has 1 aliphatic carbocycles. The highest BCUT2D eigenvalue weighted by Gasteiger charge is 2.35. The van der Waals surface area contributed by atoms with Crippen molar-refractivity contribution in [1.29, 1.82) is 0 Å². The molecule has 3 unspecified atom stereocenters. The van der Waals surface area contributed by atoms with Crippen molar-refractivity contribution in [3.05, 3.63) is 0 Å². The summed E-state index contributed by atoms with van der Waals surface area (Å²) in [7, 11) is 0. The Morgan fingerprint density at radius 3 is 2.50 bits per heavy atom. The van der Waals surface area contributed by atoms with Gasteiger partial charge in [0.15, 0.2) is 0 Å². The number of unbranched alkanes of at least 4 members (excludes halogenated alkanes) is 1. The summed E-state index contributed by atoms with van der Waals surface area (Å²) in [6, 6.07) is 0. The molecule has 2 N–H and O–H groups in total. The molecule has 0 aromatic heterocycles. The molecule has 1 heterocycles. The number of nitrogens with one attached hydrogen (secondary N) is 1. The summed E-state index contributed by atoms with van der Waals surface area (Å²) in [6.45, 7) is 3.95. The van der Waals surface area contributed by atoms with Crippen LogP contribution in [0.5, 0.6) is 0 Å². The molecule has 0 aromatic rings. The van der Waals surface area contributed by atoms with E-state index in [1.807, 2.05) is 0 Å². The van der Waals surface area contributed by atoms with Crippen LogP contribution in [0.2, 0.25) is 0 Å². The second kappa shape index (κ2) is 9.04. The number of carboxylic acid groups (broad SMARTS) is 1. The molecular weight excluding hydrogens is 308 g/mol. The molecule has 1 saturated carbocycles. The maximum Gasteiger partial charge on any atom is 0.306 e. The van der Waals surface area contributed by atoms with Gasteiger partial charge in [-0.3, -0.25) is 14.4 Å². The second-order valence-electron chi connectivity index (χ2n) is 7.17. The number of aliphatic carboxylic acids is 1. The number of likely N-dealkylation sites (tertiary alicyclic amines) is 1. The predicted octanol–water partition coefficient (Wildman–Crippen LogP) is 2.03. The third kappa shape index (κ3) is 4.95. The largest absolute Gasteiger partial charge is 0.481 e. The van der Waals surface area contributed by atoms with E-state index < -0.39 is 11.9 Å². The highest BCUT2D eigenvalue weighted by Crippen LogP contribution is 2.31. The number of hydrogen-bond donors (Lipinski definition) is 2. The fraction of sp³-hybridized carbons (Fsp3) is 0.833. The van der Waals surface area contributed by atoms with Crippen LogP contribution in [0, 0.1) is 17.8 Å². The van der Waals surface area contributed by atoms with Crippen LogP contribution in [0.3, 0.4) is 0 Å². The minimum Gasteiger partial charge on any atom is -0.481 e. The Labute approximate surface area is 144 Å². The standard InChI is InChI=1S/C18H30N2O4/c1-2-3-9-19-16(21)15-8-5-10-20(12-15)17(22)13-6-4-7-14(11-13)18(23)24/h13-15H,2-12H2,1H3,(H,19,21)(H,23,24). The van der Waals surface area contributed by atoms with Gasteiger partial charge in [-0.15, -0.1) is 0 Å². The van der Waals surface area contributed by atoms with Crippen molar-refractivity contribution in [1.82, 2.24) is 10.2 Å². The van der Waals surface area contributed by atoms with E-state index in [0.717, 1.165) is 38.5 Å². The second-order valence-corrected chi connectivity index (χ2v) is 7.17. The Morgan fingerprint density at radius 2 is 1.79 bits per heavy atom. The zero-order chi connectivity index (χ0) is 17.5. The maximum absolute atomic E-state index is 12.8. The summed E-state index contributed by atoms with van der Waals surface area (Å²) in [4.78, 5) is 38.0. The molecule has 0 spiro atoms. The Hall–Kier alpha value is -1.59. The Kier molecular flexibility index (Phi) is 7.06. The van der Waals surface area contributed by atoms with Gasteiger partial charge in [0.25, 0.3) is 0 Å². The van der Waals surface area contributed by atoms with Gasteiger partial charge < -0.3 is 15.3 Å². The molecule has 3 atom stereocenters. The summed E-state index contributed by atoms with van der Waals surface area (Å²) in [5.74, 6) is -1.41. The minimum absolute atomic E-state index is 0.0482. The van der Waals surface area contributed by atoms with Gasteiger partial charge >= 0.3 is 5.97 Å². The van der Waals surface area contributed by atoms with Gasteiger partial charge in [0.2, 0.25) is 11.8 Å². The van der Waals surface area contributed by atoms with E-state index in [0.29, 0.717) is 32.5 Å². The number of piperidine rings is 1. The van der Waals surface area contributed by atoms with Crippen molar-refractivity contribution in [2.24, 2.45) is 17.8 Å². The van der Waals surface area contributed by atoms with Gasteiger partial charge in [-0.05, 0) is 38.5 Å². The van der Waals surface area contributed by atoms with Gasteiger partial charge in [-0.1, -0.05) is 19.8 Å². The lowest BCUT2D eigenvalue weighted by molar-refractivity contribution is -0.146. The zero-order valence-corrected chi connectivity index (χ0v) is 14.6. The summed E-state index contributed by atoms with van der Waals surface area (Å²) in [6.07, 6.45) is 6.35. The first-order valence-corrected chi connectivity index (χ1v) is 9.32. The molecule has 6 nitrogen and oxygen atoms in total. The predicted molar refractivity (Wildman–Crippen MR) is 90.3 cm³/mol. The number of nitrogens with zero attached hydrogens (tertiary/aromatic N) is 1. The molecule has 24 heavy (non-hydrogen) atoms. The van der Waals surface area contributed by atoms with Gasteiger partial charge in [0.1, 0.15) is 0 Å². The fourth-order valence-electron chi connectivity index (χ4n) is 3.82. The van der Waals surface area contributed by atoms with Crippen molar-refractivity contribution in [2.75, 3.05) is 19.6 Å². The van der Waals surface area contributed by atoms with Gasteiger partial charge in [0, 0.05) is 25.6 Å². The van der Waals surface area contributed by atoms with E-state index in [1.54, 1.807) is 4.90 Å². The summed E-state index contributed by atoms with van der Waals surface area (Å²) in [5.41, 5.74) is 0. The lowest BCUT2D eigenvalue weighted by Crippen LogP contribution is -2.48. The van der Waals surface area contributed by atoms with Crippen molar-refractivity contribution >= 4 is 17.8 Å². The van der Waals surface area contributed by atoms with Crippen LogP contribution < -0.4 is 5.32 Å². The molecule has 0 aromatic carbocycles. The van der Waals surface area contributed by atoms with E-state index in [1.165, 1.54) is 0 Å².